The fraction of sp³-hybridized carbons (Fsp3) is 0.0909. The minimum absolute atomic E-state index is 0.605. The molecule has 0 bridgehead atoms. The molecule has 1 nitrogen and oxygen atoms in total. The first kappa shape index (κ1) is 21.9. The molecule has 0 saturated carbocycles. The van der Waals surface area contributed by atoms with E-state index in [4.69, 9.17) is 4.74 Å². The molecule has 0 saturated heterocycles. The molecule has 0 aromatic heterocycles. The maximum absolute atomic E-state index is 5.90. The van der Waals surface area contributed by atoms with E-state index < -0.39 is 0 Å². The fourth-order valence-electron chi connectivity index (χ4n) is 4.31. The van der Waals surface area contributed by atoms with Crippen LogP contribution >= 0.6 is 0 Å². The normalized spacial score (nSPS) is 10.9. The largest absolute Gasteiger partial charge is 0.372 e. The molecule has 5 rings (SSSR count). The molecule has 0 amide bonds. The van der Waals surface area contributed by atoms with Crippen molar-refractivity contribution in [1.29, 1.82) is 0 Å². The number of fused-ring (bicyclic) bond motifs is 1. The molecule has 5 aromatic rings. The predicted octanol–water partition coefficient (Wildman–Crippen LogP) is 8.46. The Morgan fingerprint density at radius 1 is 0.559 bits per heavy atom. The van der Waals surface area contributed by atoms with E-state index in [0.717, 1.165) is 12.0 Å². The van der Waals surface area contributed by atoms with E-state index in [9.17, 15) is 0 Å². The van der Waals surface area contributed by atoms with E-state index in [2.05, 4.69) is 122 Å². The van der Waals surface area contributed by atoms with Crippen molar-refractivity contribution in [2.24, 2.45) is 0 Å². The quantitative estimate of drug-likeness (QED) is 0.235. The van der Waals surface area contributed by atoms with Crippen LogP contribution in [0.25, 0.3) is 28.0 Å². The van der Waals surface area contributed by atoms with Crippen LogP contribution in [-0.2, 0) is 24.4 Å². The average Bonchev–Trinajstić information content (AvgIpc) is 2.90. The minimum Gasteiger partial charge on any atom is -0.372 e. The number of ether oxygens (including phenoxy) is 1. The van der Waals surface area contributed by atoms with E-state index in [-0.39, 0.29) is 0 Å². The van der Waals surface area contributed by atoms with Crippen molar-refractivity contribution in [2.75, 3.05) is 0 Å². The van der Waals surface area contributed by atoms with Gasteiger partial charge < -0.3 is 4.74 Å². The van der Waals surface area contributed by atoms with Crippen molar-refractivity contribution in [3.8, 4) is 11.1 Å². The molecule has 0 spiro atoms. The van der Waals surface area contributed by atoms with Crippen LogP contribution in [0.3, 0.4) is 0 Å². The second-order valence-corrected chi connectivity index (χ2v) is 8.65. The van der Waals surface area contributed by atoms with Crippen molar-refractivity contribution in [3.05, 3.63) is 150 Å². The molecular weight excluding hydrogens is 412 g/mol. The molecule has 0 aliphatic rings. The molecule has 0 heterocycles. The highest BCUT2D eigenvalue weighted by atomic mass is 16.5. The van der Waals surface area contributed by atoms with E-state index >= 15 is 0 Å². The van der Waals surface area contributed by atoms with Crippen LogP contribution in [0.5, 0.6) is 0 Å². The smallest absolute Gasteiger partial charge is 0.0721 e. The SMILES string of the molecule is C=Cc1ccc(COCc2ccc(-c3ccc(Cc4cccc5ccccc45)cc3)cc2)cc1. The summed E-state index contributed by atoms with van der Waals surface area (Å²) in [5.74, 6) is 0. The lowest BCUT2D eigenvalue weighted by Gasteiger charge is -2.09. The maximum atomic E-state index is 5.90. The highest BCUT2D eigenvalue weighted by Crippen LogP contribution is 2.24. The molecule has 1 heteroatoms. The lowest BCUT2D eigenvalue weighted by Crippen LogP contribution is -1.94. The average molecular weight is 441 g/mol. The molecule has 5 aromatic carbocycles. The highest BCUT2D eigenvalue weighted by Gasteiger charge is 2.04. The van der Waals surface area contributed by atoms with Gasteiger partial charge in [0.1, 0.15) is 0 Å². The van der Waals surface area contributed by atoms with Crippen molar-refractivity contribution >= 4 is 16.8 Å². The first-order chi connectivity index (χ1) is 16.8. The van der Waals surface area contributed by atoms with Gasteiger partial charge in [0.2, 0.25) is 0 Å². The summed E-state index contributed by atoms with van der Waals surface area (Å²) < 4.78 is 5.90. The summed E-state index contributed by atoms with van der Waals surface area (Å²) in [5, 5.41) is 2.63. The Hall–Kier alpha value is -3.94. The molecule has 0 fully saturated rings. The van der Waals surface area contributed by atoms with Gasteiger partial charge in [-0.2, -0.15) is 0 Å². The second-order valence-electron chi connectivity index (χ2n) is 8.65. The van der Waals surface area contributed by atoms with Crippen molar-refractivity contribution < 1.29 is 4.74 Å². The Kier molecular flexibility index (Phi) is 6.65. The van der Waals surface area contributed by atoms with Gasteiger partial charge in [-0.15, -0.1) is 0 Å². The third-order valence-electron chi connectivity index (χ3n) is 6.27. The minimum atomic E-state index is 0.605. The van der Waals surface area contributed by atoms with Crippen LogP contribution in [-0.4, -0.2) is 0 Å². The monoisotopic (exact) mass is 440 g/mol. The van der Waals surface area contributed by atoms with Crippen LogP contribution in [0.4, 0.5) is 0 Å². The Morgan fingerprint density at radius 3 is 1.76 bits per heavy atom. The summed E-state index contributed by atoms with van der Waals surface area (Å²) >= 11 is 0. The van der Waals surface area contributed by atoms with Gasteiger partial charge in [0.15, 0.2) is 0 Å². The van der Waals surface area contributed by atoms with Crippen molar-refractivity contribution in [2.45, 2.75) is 19.6 Å². The summed E-state index contributed by atoms with van der Waals surface area (Å²) in [6.45, 7) is 5.00. The van der Waals surface area contributed by atoms with E-state index in [1.807, 2.05) is 6.08 Å². The third-order valence-corrected chi connectivity index (χ3v) is 6.27. The van der Waals surface area contributed by atoms with Gasteiger partial charge in [0.05, 0.1) is 13.2 Å². The van der Waals surface area contributed by atoms with E-state index in [1.54, 1.807) is 0 Å². The zero-order chi connectivity index (χ0) is 23.2. The molecule has 0 aliphatic carbocycles. The lowest BCUT2D eigenvalue weighted by molar-refractivity contribution is 0.107. The molecule has 166 valence electrons. The molecular formula is C33H28O. The topological polar surface area (TPSA) is 9.23 Å². The fourth-order valence-corrected chi connectivity index (χ4v) is 4.31. The number of hydrogen-bond donors (Lipinski definition) is 0. The molecule has 0 atom stereocenters. The summed E-state index contributed by atoms with van der Waals surface area (Å²) in [5.41, 5.74) is 8.63. The summed E-state index contributed by atoms with van der Waals surface area (Å²) in [6.07, 6.45) is 2.79. The summed E-state index contributed by atoms with van der Waals surface area (Å²) in [4.78, 5) is 0. The number of rotatable bonds is 8. The predicted molar refractivity (Wildman–Crippen MR) is 144 cm³/mol. The van der Waals surface area contributed by atoms with Crippen LogP contribution in [0.15, 0.2) is 122 Å². The van der Waals surface area contributed by atoms with E-state index in [1.165, 1.54) is 44.2 Å². The lowest BCUT2D eigenvalue weighted by atomic mass is 9.96. The first-order valence-corrected chi connectivity index (χ1v) is 11.7. The summed E-state index contributed by atoms with van der Waals surface area (Å²) in [6, 6.07) is 41.0. The Balaban J connectivity index is 1.20. The molecule has 0 unspecified atom stereocenters. The Morgan fingerprint density at radius 2 is 1.12 bits per heavy atom. The van der Waals surface area contributed by atoms with Gasteiger partial charge in [-0.05, 0) is 56.1 Å². The maximum Gasteiger partial charge on any atom is 0.0721 e. The van der Waals surface area contributed by atoms with E-state index in [0.29, 0.717) is 13.2 Å². The highest BCUT2D eigenvalue weighted by molar-refractivity contribution is 5.86. The van der Waals surface area contributed by atoms with Gasteiger partial charge >= 0.3 is 0 Å². The zero-order valence-electron chi connectivity index (χ0n) is 19.3. The molecule has 0 aliphatic heterocycles. The second kappa shape index (κ2) is 10.3. The van der Waals surface area contributed by atoms with Crippen LogP contribution < -0.4 is 0 Å². The zero-order valence-corrected chi connectivity index (χ0v) is 19.3. The van der Waals surface area contributed by atoms with Gasteiger partial charge in [0, 0.05) is 0 Å². The first-order valence-electron chi connectivity index (χ1n) is 11.7. The van der Waals surface area contributed by atoms with Gasteiger partial charge in [-0.25, -0.2) is 0 Å². The van der Waals surface area contributed by atoms with Gasteiger partial charge in [-0.3, -0.25) is 0 Å². The Bertz CT molecular complexity index is 1370. The van der Waals surface area contributed by atoms with Crippen molar-refractivity contribution in [3.63, 3.8) is 0 Å². The number of benzene rings is 5. The van der Waals surface area contributed by atoms with Crippen LogP contribution in [0, 0.1) is 0 Å². The standard InChI is InChI=1S/C33H28O/c1-2-25-10-12-27(13-11-25)23-34-24-28-16-20-30(21-17-28)29-18-14-26(15-19-29)22-32-8-5-7-31-6-3-4-9-33(31)32/h2-21H,1,22-24H2. The van der Waals surface area contributed by atoms with Crippen LogP contribution in [0.1, 0.15) is 27.8 Å². The molecule has 0 radical (unpaired) electrons. The van der Waals surface area contributed by atoms with Crippen LogP contribution in [0.2, 0.25) is 0 Å². The number of hydrogen-bond acceptors (Lipinski definition) is 1. The van der Waals surface area contributed by atoms with Gasteiger partial charge in [-0.1, -0.05) is 128 Å². The Labute approximate surface area is 202 Å². The summed E-state index contributed by atoms with van der Waals surface area (Å²) in [7, 11) is 0. The molecule has 0 N–H and O–H groups in total. The van der Waals surface area contributed by atoms with Crippen molar-refractivity contribution in [1.82, 2.24) is 0 Å². The third kappa shape index (κ3) is 5.17. The molecule has 34 heavy (non-hydrogen) atoms. The van der Waals surface area contributed by atoms with Gasteiger partial charge in [0.25, 0.3) is 0 Å².